The molecular formula is C17H24N2O3S. The first kappa shape index (κ1) is 19.1. The van der Waals surface area contributed by atoms with Gasteiger partial charge in [0.1, 0.15) is 0 Å². The Morgan fingerprint density at radius 1 is 1.17 bits per heavy atom. The number of carbonyl (C=O) groups is 2. The SMILES string of the molecule is CC(=O)Nc1ccc(C=CC(=O)NCCS(=O)C(C)(C)C)cc1. The Morgan fingerprint density at radius 2 is 1.78 bits per heavy atom. The lowest BCUT2D eigenvalue weighted by Gasteiger charge is -2.17. The standard InChI is InChI=1S/C17H24N2O3S/c1-13(20)19-15-8-5-14(6-9-15)7-10-16(21)18-11-12-23(22)17(2,3)4/h5-10H,11-12H2,1-4H3,(H,18,21)(H,19,20). The van der Waals surface area contributed by atoms with Crippen molar-refractivity contribution in [3.05, 3.63) is 35.9 Å². The molecule has 0 heterocycles. The first-order valence-corrected chi connectivity index (χ1v) is 8.72. The van der Waals surface area contributed by atoms with Crippen molar-refractivity contribution >= 4 is 34.4 Å². The van der Waals surface area contributed by atoms with E-state index in [1.165, 1.54) is 13.0 Å². The van der Waals surface area contributed by atoms with Gasteiger partial charge in [-0.3, -0.25) is 13.8 Å². The third-order valence-corrected chi connectivity index (χ3v) is 4.87. The van der Waals surface area contributed by atoms with E-state index < -0.39 is 10.8 Å². The summed E-state index contributed by atoms with van der Waals surface area (Å²) in [6.07, 6.45) is 3.13. The number of nitrogens with one attached hydrogen (secondary N) is 2. The maximum Gasteiger partial charge on any atom is 0.244 e. The highest BCUT2D eigenvalue weighted by Gasteiger charge is 2.18. The highest BCUT2D eigenvalue weighted by molar-refractivity contribution is 7.86. The van der Waals surface area contributed by atoms with Gasteiger partial charge in [-0.25, -0.2) is 0 Å². The maximum absolute atomic E-state index is 11.8. The second-order valence-electron chi connectivity index (χ2n) is 6.09. The molecule has 0 saturated carbocycles. The minimum absolute atomic E-state index is 0.125. The molecule has 2 amide bonds. The van der Waals surface area contributed by atoms with E-state index in [1.807, 2.05) is 32.9 Å². The molecule has 6 heteroatoms. The van der Waals surface area contributed by atoms with E-state index in [4.69, 9.17) is 0 Å². The van der Waals surface area contributed by atoms with Crippen LogP contribution < -0.4 is 10.6 Å². The van der Waals surface area contributed by atoms with E-state index in [9.17, 15) is 13.8 Å². The Kier molecular flexibility index (Phi) is 7.16. The van der Waals surface area contributed by atoms with Crippen LogP contribution in [0.3, 0.4) is 0 Å². The van der Waals surface area contributed by atoms with Crippen LogP contribution in [0.25, 0.3) is 6.08 Å². The Morgan fingerprint density at radius 3 is 2.30 bits per heavy atom. The predicted octanol–water partition coefficient (Wildman–Crippen LogP) is 2.32. The van der Waals surface area contributed by atoms with Crippen LogP contribution in [0.2, 0.25) is 0 Å². The van der Waals surface area contributed by atoms with Crippen LogP contribution in [0, 0.1) is 0 Å². The molecule has 1 unspecified atom stereocenters. The summed E-state index contributed by atoms with van der Waals surface area (Å²) < 4.78 is 11.6. The van der Waals surface area contributed by atoms with Crippen LogP contribution in [0.5, 0.6) is 0 Å². The fourth-order valence-electron chi connectivity index (χ4n) is 1.68. The van der Waals surface area contributed by atoms with Crippen molar-refractivity contribution in [3.63, 3.8) is 0 Å². The van der Waals surface area contributed by atoms with Gasteiger partial charge < -0.3 is 10.6 Å². The zero-order chi connectivity index (χ0) is 17.5. The van der Waals surface area contributed by atoms with Crippen molar-refractivity contribution in [3.8, 4) is 0 Å². The van der Waals surface area contributed by atoms with E-state index in [1.54, 1.807) is 18.2 Å². The monoisotopic (exact) mass is 336 g/mol. The molecule has 5 nitrogen and oxygen atoms in total. The molecule has 0 aromatic heterocycles. The van der Waals surface area contributed by atoms with Crippen molar-refractivity contribution in [2.75, 3.05) is 17.6 Å². The molecule has 0 aliphatic rings. The number of benzene rings is 1. The number of hydrogen-bond donors (Lipinski definition) is 2. The second kappa shape index (κ2) is 8.62. The molecule has 0 fully saturated rings. The maximum atomic E-state index is 11.8. The normalized spacial score (nSPS) is 12.9. The quantitative estimate of drug-likeness (QED) is 0.783. The molecule has 0 radical (unpaired) electrons. The fraction of sp³-hybridized carbons (Fsp3) is 0.412. The molecular weight excluding hydrogens is 312 g/mol. The summed E-state index contributed by atoms with van der Waals surface area (Å²) in [5.74, 6) is 0.0938. The minimum atomic E-state index is -0.975. The van der Waals surface area contributed by atoms with E-state index in [-0.39, 0.29) is 16.6 Å². The molecule has 0 bridgehead atoms. The molecule has 0 saturated heterocycles. The van der Waals surface area contributed by atoms with Gasteiger partial charge in [-0.1, -0.05) is 12.1 Å². The smallest absolute Gasteiger partial charge is 0.244 e. The lowest BCUT2D eigenvalue weighted by Crippen LogP contribution is -2.31. The molecule has 126 valence electrons. The number of hydrogen-bond acceptors (Lipinski definition) is 3. The third kappa shape index (κ3) is 7.74. The lowest BCUT2D eigenvalue weighted by atomic mass is 10.2. The molecule has 1 aromatic carbocycles. The number of rotatable bonds is 6. The summed E-state index contributed by atoms with van der Waals surface area (Å²) in [4.78, 5) is 22.6. The number of anilines is 1. The zero-order valence-electron chi connectivity index (χ0n) is 14.0. The topological polar surface area (TPSA) is 75.3 Å². The van der Waals surface area contributed by atoms with Crippen molar-refractivity contribution in [2.45, 2.75) is 32.4 Å². The van der Waals surface area contributed by atoms with Gasteiger partial charge in [-0.2, -0.15) is 0 Å². The van der Waals surface area contributed by atoms with Crippen molar-refractivity contribution in [2.24, 2.45) is 0 Å². The third-order valence-electron chi connectivity index (χ3n) is 2.93. The Labute approximate surface area is 140 Å². The molecule has 23 heavy (non-hydrogen) atoms. The summed E-state index contributed by atoms with van der Waals surface area (Å²) in [6, 6.07) is 7.16. The Hall–Kier alpha value is -1.95. The summed E-state index contributed by atoms with van der Waals surface area (Å²) >= 11 is 0. The molecule has 2 N–H and O–H groups in total. The zero-order valence-corrected chi connectivity index (χ0v) is 14.8. The predicted molar refractivity (Wildman–Crippen MR) is 95.6 cm³/mol. The van der Waals surface area contributed by atoms with Gasteiger partial charge in [-0.15, -0.1) is 0 Å². The molecule has 0 aliphatic carbocycles. The van der Waals surface area contributed by atoms with Crippen molar-refractivity contribution in [1.29, 1.82) is 0 Å². The molecule has 1 rings (SSSR count). The summed E-state index contributed by atoms with van der Waals surface area (Å²) in [6.45, 7) is 7.57. The Bertz CT molecular complexity index is 601. The average molecular weight is 336 g/mol. The van der Waals surface area contributed by atoms with Crippen molar-refractivity contribution in [1.82, 2.24) is 5.32 Å². The number of carbonyl (C=O) groups excluding carboxylic acids is 2. The first-order chi connectivity index (χ1) is 10.7. The van der Waals surface area contributed by atoms with Gasteiger partial charge in [0.25, 0.3) is 0 Å². The van der Waals surface area contributed by atoms with Gasteiger partial charge in [0.05, 0.1) is 0 Å². The first-order valence-electron chi connectivity index (χ1n) is 7.40. The van der Waals surface area contributed by atoms with Gasteiger partial charge in [-0.05, 0) is 44.5 Å². The molecule has 1 atom stereocenters. The van der Waals surface area contributed by atoms with E-state index >= 15 is 0 Å². The minimum Gasteiger partial charge on any atom is -0.352 e. The highest BCUT2D eigenvalue weighted by Crippen LogP contribution is 2.11. The van der Waals surface area contributed by atoms with Gasteiger partial charge >= 0.3 is 0 Å². The summed E-state index contributed by atoms with van der Waals surface area (Å²) in [7, 11) is -0.975. The van der Waals surface area contributed by atoms with Gasteiger partial charge in [0.15, 0.2) is 0 Å². The van der Waals surface area contributed by atoms with Crippen LogP contribution in [-0.2, 0) is 20.4 Å². The van der Waals surface area contributed by atoms with E-state index in [0.29, 0.717) is 18.0 Å². The summed E-state index contributed by atoms with van der Waals surface area (Å²) in [5.41, 5.74) is 1.57. The van der Waals surface area contributed by atoms with E-state index in [0.717, 1.165) is 5.56 Å². The van der Waals surface area contributed by atoms with Crippen LogP contribution >= 0.6 is 0 Å². The molecule has 0 spiro atoms. The summed E-state index contributed by atoms with van der Waals surface area (Å²) in [5, 5.41) is 5.39. The molecule has 0 aliphatic heterocycles. The second-order valence-corrected chi connectivity index (χ2v) is 8.41. The van der Waals surface area contributed by atoms with Gasteiger partial charge in [0.2, 0.25) is 11.8 Å². The number of amides is 2. The van der Waals surface area contributed by atoms with Crippen LogP contribution in [-0.4, -0.2) is 33.1 Å². The Balaban J connectivity index is 2.43. The fourth-order valence-corrected chi connectivity index (χ4v) is 2.58. The van der Waals surface area contributed by atoms with Crippen molar-refractivity contribution < 1.29 is 13.8 Å². The largest absolute Gasteiger partial charge is 0.352 e. The average Bonchev–Trinajstić information content (AvgIpc) is 2.45. The lowest BCUT2D eigenvalue weighted by molar-refractivity contribution is -0.116. The molecule has 1 aromatic rings. The van der Waals surface area contributed by atoms with E-state index in [2.05, 4.69) is 10.6 Å². The van der Waals surface area contributed by atoms with Crippen LogP contribution in [0.1, 0.15) is 33.3 Å². The van der Waals surface area contributed by atoms with Crippen LogP contribution in [0.4, 0.5) is 5.69 Å². The van der Waals surface area contributed by atoms with Crippen LogP contribution in [0.15, 0.2) is 30.3 Å². The highest BCUT2D eigenvalue weighted by atomic mass is 32.2. The van der Waals surface area contributed by atoms with Gasteiger partial charge in [0, 0.05) is 46.5 Å².